The van der Waals surface area contributed by atoms with Crippen molar-refractivity contribution in [2.24, 2.45) is 5.92 Å². The molecule has 1 aromatic carbocycles. The van der Waals surface area contributed by atoms with Gasteiger partial charge in [-0.1, -0.05) is 35.9 Å². The highest BCUT2D eigenvalue weighted by Gasteiger charge is 2.22. The van der Waals surface area contributed by atoms with Crippen LogP contribution in [0.15, 0.2) is 47.4 Å². The van der Waals surface area contributed by atoms with Gasteiger partial charge in [0.15, 0.2) is 0 Å². The molecule has 1 aliphatic heterocycles. The van der Waals surface area contributed by atoms with Crippen LogP contribution in [0.2, 0.25) is 5.02 Å². The second-order valence-electron chi connectivity index (χ2n) is 6.68. The van der Waals surface area contributed by atoms with Crippen molar-refractivity contribution in [3.05, 3.63) is 69.1 Å². The Morgan fingerprint density at radius 2 is 1.92 bits per heavy atom. The fraction of sp³-hybridized carbons (Fsp3) is 0.400. The Kier molecular flexibility index (Phi) is 5.92. The van der Waals surface area contributed by atoms with Crippen LogP contribution in [0, 0.1) is 5.92 Å². The Hall–Kier alpha value is -2.07. The fourth-order valence-corrected chi connectivity index (χ4v) is 3.62. The van der Waals surface area contributed by atoms with Crippen LogP contribution in [0.25, 0.3) is 0 Å². The lowest BCUT2D eigenvalue weighted by molar-refractivity contribution is -0.132. The monoisotopic (exact) mass is 358 g/mol. The van der Waals surface area contributed by atoms with Crippen LogP contribution >= 0.6 is 11.6 Å². The van der Waals surface area contributed by atoms with E-state index in [1.807, 2.05) is 35.2 Å². The van der Waals surface area contributed by atoms with Crippen LogP contribution < -0.4 is 5.56 Å². The number of piperidine rings is 1. The molecule has 3 rings (SSSR count). The maximum Gasteiger partial charge on any atom is 0.247 e. The van der Waals surface area contributed by atoms with Crippen LogP contribution in [-0.4, -0.2) is 28.9 Å². The number of aromatic amines is 1. The standard InChI is InChI=1S/C20H23ClN2O2/c21-18-4-2-1-3-17(18)6-8-20(25)23-11-9-15(10-12-23)13-16-5-7-19(24)22-14-16/h1-5,7,14-15H,6,8-13H2,(H,22,24). The van der Waals surface area contributed by atoms with Gasteiger partial charge in [0.2, 0.25) is 11.5 Å². The highest BCUT2D eigenvalue weighted by atomic mass is 35.5. The average Bonchev–Trinajstić information content (AvgIpc) is 2.63. The number of nitrogens with one attached hydrogen (secondary N) is 1. The molecule has 0 bridgehead atoms. The SMILES string of the molecule is O=C(CCc1ccccc1Cl)N1CCC(Cc2ccc(=O)[nH]c2)CC1. The van der Waals surface area contributed by atoms with E-state index in [2.05, 4.69) is 4.98 Å². The molecule has 1 fully saturated rings. The van der Waals surface area contributed by atoms with Gasteiger partial charge in [-0.3, -0.25) is 9.59 Å². The van der Waals surface area contributed by atoms with Gasteiger partial charge in [0.25, 0.3) is 0 Å². The summed E-state index contributed by atoms with van der Waals surface area (Å²) in [4.78, 5) is 28.2. The van der Waals surface area contributed by atoms with Crippen LogP contribution in [0.1, 0.15) is 30.4 Å². The molecule has 1 aliphatic rings. The minimum atomic E-state index is -0.0670. The molecule has 0 radical (unpaired) electrons. The molecule has 1 saturated heterocycles. The first-order valence-corrected chi connectivity index (χ1v) is 9.18. The van der Waals surface area contributed by atoms with Gasteiger partial charge in [0, 0.05) is 36.8 Å². The lowest BCUT2D eigenvalue weighted by atomic mass is 9.90. The van der Waals surface area contributed by atoms with Crippen molar-refractivity contribution in [1.29, 1.82) is 0 Å². The van der Waals surface area contributed by atoms with Gasteiger partial charge in [-0.2, -0.15) is 0 Å². The molecule has 0 aliphatic carbocycles. The zero-order valence-electron chi connectivity index (χ0n) is 14.2. The molecule has 1 amide bonds. The van der Waals surface area contributed by atoms with Crippen LogP contribution in [0.3, 0.4) is 0 Å². The summed E-state index contributed by atoms with van der Waals surface area (Å²) in [6.45, 7) is 1.63. The number of likely N-dealkylation sites (tertiary alicyclic amines) is 1. The van der Waals surface area contributed by atoms with Crippen LogP contribution in [-0.2, 0) is 17.6 Å². The lowest BCUT2D eigenvalue weighted by Crippen LogP contribution is -2.39. The van der Waals surface area contributed by atoms with Gasteiger partial charge in [-0.05, 0) is 48.8 Å². The maximum atomic E-state index is 12.4. The Bertz CT molecular complexity index is 759. The summed E-state index contributed by atoms with van der Waals surface area (Å²) in [6, 6.07) is 11.2. The van der Waals surface area contributed by atoms with Crippen molar-refractivity contribution in [1.82, 2.24) is 9.88 Å². The van der Waals surface area contributed by atoms with Crippen molar-refractivity contribution < 1.29 is 4.79 Å². The van der Waals surface area contributed by atoms with Crippen molar-refractivity contribution >= 4 is 17.5 Å². The molecule has 4 nitrogen and oxygen atoms in total. The number of carbonyl (C=O) groups is 1. The van der Waals surface area contributed by atoms with E-state index in [4.69, 9.17) is 11.6 Å². The summed E-state index contributed by atoms with van der Waals surface area (Å²) in [5.41, 5.74) is 2.12. The summed E-state index contributed by atoms with van der Waals surface area (Å²) < 4.78 is 0. The predicted octanol–water partition coefficient (Wildman–Crippen LogP) is 3.44. The first kappa shape index (κ1) is 17.7. The summed E-state index contributed by atoms with van der Waals surface area (Å²) in [5.74, 6) is 0.779. The van der Waals surface area contributed by atoms with Gasteiger partial charge in [-0.25, -0.2) is 0 Å². The molecule has 5 heteroatoms. The number of aryl methyl sites for hydroxylation is 1. The molecule has 1 aromatic heterocycles. The maximum absolute atomic E-state index is 12.4. The van der Waals surface area contributed by atoms with Crippen molar-refractivity contribution in [3.8, 4) is 0 Å². The number of nitrogens with zero attached hydrogens (tertiary/aromatic N) is 1. The molecule has 2 heterocycles. The highest BCUT2D eigenvalue weighted by molar-refractivity contribution is 6.31. The molecular formula is C20H23ClN2O2. The zero-order valence-corrected chi connectivity index (χ0v) is 15.0. The quantitative estimate of drug-likeness (QED) is 0.890. The first-order chi connectivity index (χ1) is 12.1. The molecule has 1 N–H and O–H groups in total. The first-order valence-electron chi connectivity index (χ1n) is 8.80. The molecular weight excluding hydrogens is 336 g/mol. The van der Waals surface area contributed by atoms with E-state index in [1.54, 1.807) is 12.3 Å². The highest BCUT2D eigenvalue weighted by Crippen LogP contribution is 2.22. The number of aromatic nitrogens is 1. The van der Waals surface area contributed by atoms with Crippen molar-refractivity contribution in [2.45, 2.75) is 32.1 Å². The molecule has 25 heavy (non-hydrogen) atoms. The minimum Gasteiger partial charge on any atom is -0.343 e. The van der Waals surface area contributed by atoms with Crippen molar-refractivity contribution in [2.75, 3.05) is 13.1 Å². The number of rotatable bonds is 5. The summed E-state index contributed by atoms with van der Waals surface area (Å²) in [5, 5.41) is 0.731. The van der Waals surface area contributed by atoms with Gasteiger partial charge >= 0.3 is 0 Å². The van der Waals surface area contributed by atoms with E-state index in [0.717, 1.165) is 48.5 Å². The van der Waals surface area contributed by atoms with Gasteiger partial charge in [0.05, 0.1) is 0 Å². The van der Waals surface area contributed by atoms with Crippen LogP contribution in [0.4, 0.5) is 0 Å². The number of pyridine rings is 1. The predicted molar refractivity (Wildman–Crippen MR) is 99.8 cm³/mol. The number of hydrogen-bond acceptors (Lipinski definition) is 2. The third-order valence-electron chi connectivity index (χ3n) is 4.91. The van der Waals surface area contributed by atoms with E-state index >= 15 is 0 Å². The van der Waals surface area contributed by atoms with Gasteiger partial charge in [0.1, 0.15) is 0 Å². The number of halogens is 1. The molecule has 0 atom stereocenters. The van der Waals surface area contributed by atoms with E-state index in [0.29, 0.717) is 18.8 Å². The largest absolute Gasteiger partial charge is 0.343 e. The van der Waals surface area contributed by atoms with E-state index < -0.39 is 0 Å². The lowest BCUT2D eigenvalue weighted by Gasteiger charge is -2.32. The number of benzene rings is 1. The average molecular weight is 359 g/mol. The Balaban J connectivity index is 1.45. The Labute approximate surface area is 152 Å². The third-order valence-corrected chi connectivity index (χ3v) is 5.27. The number of amides is 1. The molecule has 0 spiro atoms. The Morgan fingerprint density at radius 3 is 2.60 bits per heavy atom. The molecule has 132 valence electrons. The topological polar surface area (TPSA) is 53.2 Å². The number of H-pyrrole nitrogens is 1. The molecule has 0 saturated carbocycles. The third kappa shape index (κ3) is 4.95. The van der Waals surface area contributed by atoms with E-state index in [9.17, 15) is 9.59 Å². The Morgan fingerprint density at radius 1 is 1.16 bits per heavy atom. The smallest absolute Gasteiger partial charge is 0.247 e. The van der Waals surface area contributed by atoms with Crippen LogP contribution in [0.5, 0.6) is 0 Å². The normalized spacial score (nSPS) is 15.3. The second kappa shape index (κ2) is 8.34. The summed E-state index contributed by atoms with van der Waals surface area (Å²) in [7, 11) is 0. The minimum absolute atomic E-state index is 0.0670. The van der Waals surface area contributed by atoms with Gasteiger partial charge < -0.3 is 9.88 Å². The summed E-state index contributed by atoms with van der Waals surface area (Å²) in [6.07, 6.45) is 5.97. The second-order valence-corrected chi connectivity index (χ2v) is 7.09. The number of carbonyl (C=O) groups excluding carboxylic acids is 1. The summed E-state index contributed by atoms with van der Waals surface area (Å²) >= 11 is 6.15. The zero-order chi connectivity index (χ0) is 17.6. The van der Waals surface area contributed by atoms with E-state index in [-0.39, 0.29) is 11.5 Å². The molecule has 0 unspecified atom stereocenters. The van der Waals surface area contributed by atoms with Crippen molar-refractivity contribution in [3.63, 3.8) is 0 Å². The number of hydrogen-bond donors (Lipinski definition) is 1. The fourth-order valence-electron chi connectivity index (χ4n) is 3.39. The molecule has 2 aromatic rings. The van der Waals surface area contributed by atoms with E-state index in [1.165, 1.54) is 0 Å². The van der Waals surface area contributed by atoms with Gasteiger partial charge in [-0.15, -0.1) is 0 Å².